The molecule has 0 N–H and O–H groups in total. The van der Waals surface area contributed by atoms with Crippen molar-refractivity contribution in [3.05, 3.63) is 155 Å². The van der Waals surface area contributed by atoms with E-state index >= 15 is 0 Å². The zero-order chi connectivity index (χ0) is 23.8. The average molecular weight is 471 g/mol. The van der Waals surface area contributed by atoms with Gasteiger partial charge in [-0.05, 0) is 51.1 Å². The van der Waals surface area contributed by atoms with E-state index in [2.05, 4.69) is 91.0 Å². The van der Waals surface area contributed by atoms with Gasteiger partial charge >= 0.3 is 0 Å². The van der Waals surface area contributed by atoms with Gasteiger partial charge in [0, 0.05) is 17.4 Å². The molecular formula is C31H22NO2P. The Kier molecular flexibility index (Phi) is 5.21. The first-order chi connectivity index (χ1) is 17.2. The highest BCUT2D eigenvalue weighted by atomic mass is 31.2. The molecule has 0 amide bonds. The predicted molar refractivity (Wildman–Crippen MR) is 147 cm³/mol. The van der Waals surface area contributed by atoms with Crippen LogP contribution in [-0.4, -0.2) is 10.2 Å². The predicted octanol–water partition coefficient (Wildman–Crippen LogP) is 6.14. The minimum absolute atomic E-state index is 0.112. The van der Waals surface area contributed by atoms with Crippen molar-refractivity contribution in [1.29, 1.82) is 0 Å². The van der Waals surface area contributed by atoms with Crippen LogP contribution >= 0.6 is 6.89 Å². The van der Waals surface area contributed by atoms with E-state index in [4.69, 9.17) is 0 Å². The van der Waals surface area contributed by atoms with Gasteiger partial charge in [0.05, 0.1) is 4.92 Å². The summed E-state index contributed by atoms with van der Waals surface area (Å²) in [5, 5.41) is 16.7. The number of nitro groups is 1. The maximum atomic E-state index is 11.8. The Morgan fingerprint density at radius 1 is 0.486 bits per heavy atom. The highest BCUT2D eigenvalue weighted by Gasteiger charge is 2.36. The summed E-state index contributed by atoms with van der Waals surface area (Å²) in [7, 11) is 0. The minimum atomic E-state index is -2.42. The van der Waals surface area contributed by atoms with E-state index in [-0.39, 0.29) is 10.6 Å². The monoisotopic (exact) mass is 471 g/mol. The summed E-state index contributed by atoms with van der Waals surface area (Å²) in [6.45, 7) is -2.42. The van der Waals surface area contributed by atoms with Crippen LogP contribution in [0, 0.1) is 10.1 Å². The lowest BCUT2D eigenvalue weighted by molar-refractivity contribution is -0.384. The standard InChI is InChI=1S/C31H22NO2P/c33-32(34)23-20-21-28-27-18-10-11-19-29(27)31(30(28)22-23)35(24-12-4-1-5-13-24,25-14-6-2-7-15-25)26-16-8-3-9-17-26/h1-22H. The molecule has 0 saturated carbocycles. The van der Waals surface area contributed by atoms with E-state index in [0.29, 0.717) is 0 Å². The molecule has 0 aromatic heterocycles. The number of non-ortho nitro benzene ring substituents is 1. The Hall–Kier alpha value is -4.20. The van der Waals surface area contributed by atoms with Crippen LogP contribution in [-0.2, 0) is 0 Å². The van der Waals surface area contributed by atoms with Crippen LogP contribution in [0.25, 0.3) is 11.1 Å². The summed E-state index contributed by atoms with van der Waals surface area (Å²) < 4.78 is 0. The van der Waals surface area contributed by atoms with Gasteiger partial charge in [-0.1, -0.05) is 115 Å². The zero-order valence-corrected chi connectivity index (χ0v) is 19.8. The number of benzene rings is 5. The Morgan fingerprint density at radius 2 is 0.914 bits per heavy atom. The second-order valence-corrected chi connectivity index (χ2v) is 11.9. The van der Waals surface area contributed by atoms with Gasteiger partial charge < -0.3 is 0 Å². The molecule has 0 unspecified atom stereocenters. The molecule has 0 atom stereocenters. The van der Waals surface area contributed by atoms with Crippen LogP contribution in [0.1, 0.15) is 11.1 Å². The van der Waals surface area contributed by atoms with Gasteiger partial charge in [-0.15, -0.1) is 0 Å². The molecular weight excluding hydrogens is 449 g/mol. The maximum Gasteiger partial charge on any atom is 0.270 e. The summed E-state index contributed by atoms with van der Waals surface area (Å²) in [5.41, 5.74) is 4.38. The van der Waals surface area contributed by atoms with E-state index < -0.39 is 6.89 Å². The molecule has 3 nitrogen and oxygen atoms in total. The molecule has 0 spiro atoms. The van der Waals surface area contributed by atoms with Gasteiger partial charge in [-0.2, -0.15) is 0 Å². The largest absolute Gasteiger partial charge is 0.270 e. The number of nitro benzene ring substituents is 1. The average Bonchev–Trinajstić information content (AvgIpc) is 3.25. The lowest BCUT2D eigenvalue weighted by atomic mass is 10.1. The fourth-order valence-corrected chi connectivity index (χ4v) is 9.93. The second kappa shape index (κ2) is 8.54. The molecule has 0 bridgehead atoms. The topological polar surface area (TPSA) is 43.1 Å². The first-order valence-corrected chi connectivity index (χ1v) is 13.3. The van der Waals surface area contributed by atoms with E-state index in [1.807, 2.05) is 30.3 Å². The van der Waals surface area contributed by atoms with Gasteiger partial charge in [0.15, 0.2) is 0 Å². The third-order valence-electron chi connectivity index (χ3n) is 6.71. The quantitative estimate of drug-likeness (QED) is 0.176. The molecule has 168 valence electrons. The highest BCUT2D eigenvalue weighted by Crippen LogP contribution is 2.54. The lowest BCUT2D eigenvalue weighted by Crippen LogP contribution is -2.30. The summed E-state index contributed by atoms with van der Waals surface area (Å²) in [4.78, 5) is 11.5. The SMILES string of the molecule is O=[N+]([O-])c1ccc2c(c1)C(=P(c1ccccc1)(c1ccccc1)c1ccccc1)c1ccccc1-2. The maximum absolute atomic E-state index is 11.8. The van der Waals surface area contributed by atoms with Crippen LogP contribution in [0.15, 0.2) is 133 Å². The van der Waals surface area contributed by atoms with Gasteiger partial charge in [-0.25, -0.2) is 0 Å². The first kappa shape index (κ1) is 21.3. The van der Waals surface area contributed by atoms with E-state index in [1.54, 1.807) is 12.1 Å². The summed E-state index contributed by atoms with van der Waals surface area (Å²) in [6.07, 6.45) is 0. The lowest BCUT2D eigenvalue weighted by Gasteiger charge is -2.32. The van der Waals surface area contributed by atoms with Crippen molar-refractivity contribution in [1.82, 2.24) is 0 Å². The normalized spacial score (nSPS) is 12.2. The molecule has 1 aliphatic carbocycles. The van der Waals surface area contributed by atoms with Crippen molar-refractivity contribution in [2.75, 3.05) is 0 Å². The Labute approximate surface area is 204 Å². The van der Waals surface area contributed by atoms with Crippen LogP contribution in [0.5, 0.6) is 0 Å². The molecule has 1 aliphatic rings. The number of fused-ring (bicyclic) bond motifs is 3. The molecule has 5 aromatic carbocycles. The van der Waals surface area contributed by atoms with Crippen LogP contribution in [0.4, 0.5) is 5.69 Å². The van der Waals surface area contributed by atoms with Crippen LogP contribution in [0.3, 0.4) is 0 Å². The van der Waals surface area contributed by atoms with Gasteiger partial charge in [0.25, 0.3) is 5.69 Å². The third-order valence-corrected chi connectivity index (χ3v) is 11.1. The van der Waals surface area contributed by atoms with E-state index in [0.717, 1.165) is 22.3 Å². The van der Waals surface area contributed by atoms with Gasteiger partial charge in [-0.3, -0.25) is 10.1 Å². The van der Waals surface area contributed by atoms with E-state index in [1.165, 1.54) is 21.2 Å². The Bertz CT molecular complexity index is 1510. The molecule has 0 radical (unpaired) electrons. The minimum Gasteiger partial charge on any atom is -0.258 e. The van der Waals surface area contributed by atoms with Crippen molar-refractivity contribution in [3.63, 3.8) is 0 Å². The molecule has 0 saturated heterocycles. The molecule has 0 fully saturated rings. The molecule has 0 heterocycles. The first-order valence-electron chi connectivity index (χ1n) is 11.5. The molecule has 35 heavy (non-hydrogen) atoms. The van der Waals surface area contributed by atoms with E-state index in [9.17, 15) is 10.1 Å². The van der Waals surface area contributed by atoms with Crippen molar-refractivity contribution in [2.24, 2.45) is 0 Å². The van der Waals surface area contributed by atoms with Crippen molar-refractivity contribution < 1.29 is 4.92 Å². The van der Waals surface area contributed by atoms with Crippen LogP contribution in [0.2, 0.25) is 0 Å². The number of nitrogens with zero attached hydrogens (tertiary/aromatic N) is 1. The van der Waals surface area contributed by atoms with Crippen LogP contribution < -0.4 is 15.9 Å². The van der Waals surface area contributed by atoms with Gasteiger partial charge in [0.2, 0.25) is 0 Å². The van der Waals surface area contributed by atoms with Gasteiger partial charge in [0.1, 0.15) is 0 Å². The smallest absolute Gasteiger partial charge is 0.258 e. The summed E-state index contributed by atoms with van der Waals surface area (Å²) in [6, 6.07) is 45.6. The molecule has 6 rings (SSSR count). The number of hydrogen-bond donors (Lipinski definition) is 0. The summed E-state index contributed by atoms with van der Waals surface area (Å²) >= 11 is 0. The molecule has 5 aromatic rings. The number of hydrogen-bond acceptors (Lipinski definition) is 2. The third kappa shape index (κ3) is 3.28. The second-order valence-electron chi connectivity index (χ2n) is 8.56. The van der Waals surface area contributed by atoms with Crippen molar-refractivity contribution in [2.45, 2.75) is 0 Å². The Morgan fingerprint density at radius 3 is 1.40 bits per heavy atom. The zero-order valence-electron chi connectivity index (χ0n) is 18.9. The fourth-order valence-electron chi connectivity index (χ4n) is 5.30. The summed E-state index contributed by atoms with van der Waals surface area (Å²) in [5.74, 6) is 0. The van der Waals surface area contributed by atoms with Crippen molar-refractivity contribution in [3.8, 4) is 11.1 Å². The highest BCUT2D eigenvalue weighted by molar-refractivity contribution is 7.96. The van der Waals surface area contributed by atoms with Crippen molar-refractivity contribution >= 4 is 33.8 Å². The fraction of sp³-hybridized carbons (Fsp3) is 0. The number of rotatable bonds is 4. The molecule has 0 aliphatic heterocycles. The molecule has 4 heteroatoms. The Balaban J connectivity index is 1.92.